The summed E-state index contributed by atoms with van der Waals surface area (Å²) in [5, 5.41) is 12.3. The minimum atomic E-state index is -0.642. The summed E-state index contributed by atoms with van der Waals surface area (Å²) in [5.74, 6) is 5.78. The highest BCUT2D eigenvalue weighted by Crippen LogP contribution is 2.33. The van der Waals surface area contributed by atoms with Crippen molar-refractivity contribution < 1.29 is 5.11 Å². The summed E-state index contributed by atoms with van der Waals surface area (Å²) in [6.45, 7) is 0. The topological polar surface area (TPSA) is 33.1 Å². The molecular formula is C9H9NOS. The molecule has 1 aliphatic rings. The Hall–Kier alpha value is -0.850. The Morgan fingerprint density at radius 2 is 2.50 bits per heavy atom. The number of nitrogens with zero attached hydrogens (tertiary/aromatic N) is 1. The number of aromatic nitrogens is 1. The van der Waals surface area contributed by atoms with Crippen LogP contribution in [0.1, 0.15) is 17.8 Å². The van der Waals surface area contributed by atoms with Gasteiger partial charge in [0.15, 0.2) is 0 Å². The SMILES string of the molecule is OC1(C#CCc2nccs2)CC1. The van der Waals surface area contributed by atoms with Crippen LogP contribution in [0, 0.1) is 11.8 Å². The van der Waals surface area contributed by atoms with Gasteiger partial charge in [-0.1, -0.05) is 11.8 Å². The summed E-state index contributed by atoms with van der Waals surface area (Å²) in [4.78, 5) is 4.09. The van der Waals surface area contributed by atoms with Gasteiger partial charge in [0.25, 0.3) is 0 Å². The van der Waals surface area contributed by atoms with Crippen molar-refractivity contribution in [3.05, 3.63) is 16.6 Å². The van der Waals surface area contributed by atoms with E-state index in [0.717, 1.165) is 17.8 Å². The maximum Gasteiger partial charge on any atom is 0.125 e. The largest absolute Gasteiger partial charge is 0.378 e. The van der Waals surface area contributed by atoms with E-state index in [4.69, 9.17) is 0 Å². The molecule has 0 amide bonds. The third-order valence-corrected chi connectivity index (χ3v) is 2.55. The normalized spacial score (nSPS) is 18.1. The first-order valence-corrected chi connectivity index (χ1v) is 4.77. The highest BCUT2D eigenvalue weighted by Gasteiger charge is 2.38. The first-order valence-electron chi connectivity index (χ1n) is 3.89. The van der Waals surface area contributed by atoms with Crippen molar-refractivity contribution >= 4 is 11.3 Å². The zero-order valence-corrected chi connectivity index (χ0v) is 7.40. The van der Waals surface area contributed by atoms with Crippen LogP contribution in [0.2, 0.25) is 0 Å². The molecule has 0 radical (unpaired) electrons. The Morgan fingerprint density at radius 3 is 3.08 bits per heavy atom. The molecule has 1 aliphatic carbocycles. The van der Waals surface area contributed by atoms with Gasteiger partial charge in [-0.2, -0.15) is 0 Å². The van der Waals surface area contributed by atoms with Crippen molar-refractivity contribution in [2.75, 3.05) is 0 Å². The van der Waals surface area contributed by atoms with Crippen LogP contribution in [0.3, 0.4) is 0 Å². The van der Waals surface area contributed by atoms with Crippen molar-refractivity contribution in [2.24, 2.45) is 0 Å². The van der Waals surface area contributed by atoms with E-state index in [1.54, 1.807) is 17.5 Å². The molecule has 1 fully saturated rings. The molecule has 1 aromatic heterocycles. The molecule has 0 spiro atoms. The lowest BCUT2D eigenvalue weighted by molar-refractivity contribution is 0.212. The van der Waals surface area contributed by atoms with Gasteiger partial charge in [-0.05, 0) is 12.8 Å². The predicted octanol–water partition coefficient (Wildman–Crippen LogP) is 1.21. The van der Waals surface area contributed by atoms with Crippen LogP contribution < -0.4 is 0 Å². The maximum atomic E-state index is 9.37. The van der Waals surface area contributed by atoms with E-state index in [-0.39, 0.29) is 0 Å². The average molecular weight is 179 g/mol. The Balaban J connectivity index is 1.92. The fourth-order valence-corrected chi connectivity index (χ4v) is 1.42. The minimum absolute atomic E-state index is 0.642. The van der Waals surface area contributed by atoms with Crippen LogP contribution in [-0.4, -0.2) is 15.7 Å². The lowest BCUT2D eigenvalue weighted by atomic mass is 10.3. The highest BCUT2D eigenvalue weighted by molar-refractivity contribution is 7.09. The molecule has 1 aromatic rings. The zero-order chi connectivity index (χ0) is 8.44. The second-order valence-corrected chi connectivity index (χ2v) is 3.92. The Kier molecular flexibility index (Phi) is 1.87. The third kappa shape index (κ3) is 1.84. The lowest BCUT2D eigenvalue weighted by Gasteiger charge is -1.90. The summed E-state index contributed by atoms with van der Waals surface area (Å²) in [6, 6.07) is 0. The van der Waals surface area contributed by atoms with E-state index in [9.17, 15) is 5.11 Å². The van der Waals surface area contributed by atoms with Crippen LogP contribution in [-0.2, 0) is 6.42 Å². The molecule has 0 unspecified atom stereocenters. The molecule has 0 aliphatic heterocycles. The Morgan fingerprint density at radius 1 is 1.67 bits per heavy atom. The maximum absolute atomic E-state index is 9.37. The summed E-state index contributed by atoms with van der Waals surface area (Å²) in [7, 11) is 0. The summed E-state index contributed by atoms with van der Waals surface area (Å²) >= 11 is 1.60. The van der Waals surface area contributed by atoms with Crippen LogP contribution >= 0.6 is 11.3 Å². The molecule has 2 rings (SSSR count). The first-order chi connectivity index (χ1) is 5.79. The van der Waals surface area contributed by atoms with E-state index in [1.165, 1.54) is 0 Å². The van der Waals surface area contributed by atoms with Gasteiger partial charge < -0.3 is 5.11 Å². The number of rotatable bonds is 1. The van der Waals surface area contributed by atoms with Gasteiger partial charge in [0.2, 0.25) is 0 Å². The molecule has 62 valence electrons. The van der Waals surface area contributed by atoms with Gasteiger partial charge in [-0.25, -0.2) is 4.98 Å². The van der Waals surface area contributed by atoms with Gasteiger partial charge >= 0.3 is 0 Å². The predicted molar refractivity (Wildman–Crippen MR) is 47.8 cm³/mol. The smallest absolute Gasteiger partial charge is 0.125 e. The van der Waals surface area contributed by atoms with Crippen molar-refractivity contribution in [1.29, 1.82) is 0 Å². The molecule has 0 atom stereocenters. The molecule has 1 N–H and O–H groups in total. The average Bonchev–Trinajstić information content (AvgIpc) is 2.61. The fraction of sp³-hybridized carbons (Fsp3) is 0.444. The summed E-state index contributed by atoms with van der Waals surface area (Å²) < 4.78 is 0. The van der Waals surface area contributed by atoms with Gasteiger partial charge in [0.05, 0.1) is 6.42 Å². The van der Waals surface area contributed by atoms with Gasteiger partial charge in [-0.15, -0.1) is 11.3 Å². The highest BCUT2D eigenvalue weighted by atomic mass is 32.1. The van der Waals surface area contributed by atoms with E-state index in [1.807, 2.05) is 5.38 Å². The Bertz CT molecular complexity index is 316. The number of hydrogen-bond donors (Lipinski definition) is 1. The molecule has 1 saturated carbocycles. The van der Waals surface area contributed by atoms with E-state index < -0.39 is 5.60 Å². The van der Waals surface area contributed by atoms with E-state index >= 15 is 0 Å². The molecular weight excluding hydrogens is 170 g/mol. The standard InChI is InChI=1S/C9H9NOS/c11-9(4-5-9)3-1-2-8-10-6-7-12-8/h6-7,11H,2,4-5H2. The number of aliphatic hydroxyl groups is 1. The number of thiazole rings is 1. The van der Waals surface area contributed by atoms with Crippen LogP contribution in [0.15, 0.2) is 11.6 Å². The molecule has 0 saturated heterocycles. The van der Waals surface area contributed by atoms with Gasteiger partial charge in [-0.3, -0.25) is 0 Å². The molecule has 0 bridgehead atoms. The molecule has 12 heavy (non-hydrogen) atoms. The molecule has 3 heteroatoms. The van der Waals surface area contributed by atoms with Crippen molar-refractivity contribution in [2.45, 2.75) is 24.9 Å². The van der Waals surface area contributed by atoms with E-state index in [0.29, 0.717) is 6.42 Å². The monoisotopic (exact) mass is 179 g/mol. The van der Waals surface area contributed by atoms with Crippen LogP contribution in [0.5, 0.6) is 0 Å². The van der Waals surface area contributed by atoms with Crippen LogP contribution in [0.25, 0.3) is 0 Å². The second-order valence-electron chi connectivity index (χ2n) is 2.94. The van der Waals surface area contributed by atoms with Crippen molar-refractivity contribution in [1.82, 2.24) is 4.98 Å². The van der Waals surface area contributed by atoms with E-state index in [2.05, 4.69) is 16.8 Å². The van der Waals surface area contributed by atoms with Crippen molar-refractivity contribution in [3.63, 3.8) is 0 Å². The number of hydrogen-bond acceptors (Lipinski definition) is 3. The zero-order valence-electron chi connectivity index (χ0n) is 6.58. The van der Waals surface area contributed by atoms with Crippen molar-refractivity contribution in [3.8, 4) is 11.8 Å². The second kappa shape index (κ2) is 2.89. The Labute approximate surface area is 75.3 Å². The first kappa shape index (κ1) is 7.78. The van der Waals surface area contributed by atoms with Gasteiger partial charge in [0, 0.05) is 11.6 Å². The summed E-state index contributed by atoms with van der Waals surface area (Å²) in [5.41, 5.74) is -0.642. The third-order valence-electron chi connectivity index (χ3n) is 1.77. The molecule has 0 aromatic carbocycles. The minimum Gasteiger partial charge on any atom is -0.378 e. The van der Waals surface area contributed by atoms with Crippen LogP contribution in [0.4, 0.5) is 0 Å². The fourth-order valence-electron chi connectivity index (χ4n) is 0.868. The molecule has 2 nitrogen and oxygen atoms in total. The van der Waals surface area contributed by atoms with Gasteiger partial charge in [0.1, 0.15) is 10.6 Å². The quantitative estimate of drug-likeness (QED) is 0.657. The summed E-state index contributed by atoms with van der Waals surface area (Å²) in [6.07, 6.45) is 4.10. The lowest BCUT2D eigenvalue weighted by Crippen LogP contribution is -2.00. The molecule has 1 heterocycles.